The van der Waals surface area contributed by atoms with E-state index in [-0.39, 0.29) is 0 Å². The maximum Gasteiger partial charge on any atom is 0.191 e. The summed E-state index contributed by atoms with van der Waals surface area (Å²) in [5.74, 6) is 0.762. The van der Waals surface area contributed by atoms with Crippen LogP contribution in [0.1, 0.15) is 18.1 Å². The van der Waals surface area contributed by atoms with Gasteiger partial charge in [0.25, 0.3) is 0 Å². The predicted molar refractivity (Wildman–Crippen MR) is 91.0 cm³/mol. The molecule has 0 aromatic heterocycles. The molecule has 0 bridgehead atoms. The highest BCUT2D eigenvalue weighted by Crippen LogP contribution is 2.06. The van der Waals surface area contributed by atoms with Crippen LogP contribution < -0.4 is 10.6 Å². The minimum absolute atomic E-state index is 0.602. The molecule has 0 spiro atoms. The number of rotatable bonds is 10. The molecule has 1 aromatic rings. The summed E-state index contributed by atoms with van der Waals surface area (Å²) in [6.07, 6.45) is 1.80. The Hall–Kier alpha value is -1.85. The summed E-state index contributed by atoms with van der Waals surface area (Å²) in [5, 5.41) is 6.40. The van der Waals surface area contributed by atoms with Crippen LogP contribution in [0.3, 0.4) is 0 Å². The Kier molecular flexibility index (Phi) is 9.74. The van der Waals surface area contributed by atoms with Crippen molar-refractivity contribution in [3.05, 3.63) is 48.0 Å². The normalized spacial score (nSPS) is 11.3. The molecule has 0 saturated carbocycles. The molecule has 22 heavy (non-hydrogen) atoms. The molecule has 1 rings (SSSR count). The number of aliphatic imine (C=N–C) groups is 1. The molecule has 0 unspecified atom stereocenters. The first-order chi connectivity index (χ1) is 10.8. The molecule has 0 aliphatic carbocycles. The van der Waals surface area contributed by atoms with Gasteiger partial charge in [0.15, 0.2) is 5.96 Å². The van der Waals surface area contributed by atoms with Gasteiger partial charge in [-0.05, 0) is 18.1 Å². The van der Waals surface area contributed by atoms with Crippen molar-refractivity contribution in [1.82, 2.24) is 10.6 Å². The van der Waals surface area contributed by atoms with Crippen LogP contribution in [-0.4, -0.2) is 39.4 Å². The minimum Gasteiger partial charge on any atom is -0.379 e. The Balaban J connectivity index is 2.38. The lowest BCUT2D eigenvalue weighted by molar-refractivity contribution is 0.0453. The second-order valence-electron chi connectivity index (χ2n) is 4.66. The SMILES string of the molecule is C=CCNC(=NC)NCc1cccc(COCCOCC)c1. The van der Waals surface area contributed by atoms with Crippen molar-refractivity contribution >= 4 is 5.96 Å². The van der Waals surface area contributed by atoms with Gasteiger partial charge in [-0.15, -0.1) is 6.58 Å². The van der Waals surface area contributed by atoms with E-state index in [0.29, 0.717) is 32.9 Å². The van der Waals surface area contributed by atoms with Gasteiger partial charge < -0.3 is 20.1 Å². The van der Waals surface area contributed by atoms with E-state index in [1.165, 1.54) is 5.56 Å². The second-order valence-corrected chi connectivity index (χ2v) is 4.66. The largest absolute Gasteiger partial charge is 0.379 e. The van der Waals surface area contributed by atoms with Crippen molar-refractivity contribution < 1.29 is 9.47 Å². The van der Waals surface area contributed by atoms with E-state index in [9.17, 15) is 0 Å². The van der Waals surface area contributed by atoms with E-state index >= 15 is 0 Å². The van der Waals surface area contributed by atoms with Gasteiger partial charge in [-0.25, -0.2) is 0 Å². The Morgan fingerprint density at radius 3 is 2.73 bits per heavy atom. The zero-order valence-electron chi connectivity index (χ0n) is 13.6. The smallest absolute Gasteiger partial charge is 0.191 e. The molecule has 0 aliphatic rings. The van der Waals surface area contributed by atoms with Crippen LogP contribution in [0.15, 0.2) is 41.9 Å². The molecule has 0 aliphatic heterocycles. The van der Waals surface area contributed by atoms with Gasteiger partial charge in [0.05, 0.1) is 19.8 Å². The van der Waals surface area contributed by atoms with Crippen molar-refractivity contribution in [2.45, 2.75) is 20.1 Å². The molecule has 0 heterocycles. The van der Waals surface area contributed by atoms with Gasteiger partial charge in [-0.3, -0.25) is 4.99 Å². The lowest BCUT2D eigenvalue weighted by atomic mass is 10.1. The van der Waals surface area contributed by atoms with Crippen molar-refractivity contribution in [2.24, 2.45) is 4.99 Å². The van der Waals surface area contributed by atoms with E-state index in [0.717, 1.165) is 18.1 Å². The average Bonchev–Trinajstić information content (AvgIpc) is 2.55. The molecule has 0 fully saturated rings. The topological polar surface area (TPSA) is 54.9 Å². The predicted octanol–water partition coefficient (Wildman–Crippen LogP) is 2.09. The molecule has 2 N–H and O–H groups in total. The Labute approximate surface area is 133 Å². The lowest BCUT2D eigenvalue weighted by Crippen LogP contribution is -2.36. The van der Waals surface area contributed by atoms with Crippen molar-refractivity contribution in [1.29, 1.82) is 0 Å². The molecule has 0 saturated heterocycles. The summed E-state index contributed by atoms with van der Waals surface area (Å²) >= 11 is 0. The highest BCUT2D eigenvalue weighted by Gasteiger charge is 1.99. The fourth-order valence-electron chi connectivity index (χ4n) is 1.86. The molecule has 5 nitrogen and oxygen atoms in total. The van der Waals surface area contributed by atoms with Crippen LogP contribution in [0.5, 0.6) is 0 Å². The number of nitrogens with one attached hydrogen (secondary N) is 2. The zero-order chi connectivity index (χ0) is 16.0. The Morgan fingerprint density at radius 2 is 2.00 bits per heavy atom. The van der Waals surface area contributed by atoms with Gasteiger partial charge in [-0.1, -0.05) is 30.3 Å². The standard InChI is InChI=1S/C17H27N3O2/c1-4-9-19-17(18-3)20-13-15-7-6-8-16(12-15)14-22-11-10-21-5-2/h4,6-8,12H,1,5,9-11,13-14H2,2-3H3,(H2,18,19,20). The number of benzene rings is 1. The third kappa shape index (κ3) is 7.81. The quantitative estimate of drug-likeness (QED) is 0.301. The number of hydrogen-bond acceptors (Lipinski definition) is 3. The molecular weight excluding hydrogens is 278 g/mol. The number of hydrogen-bond donors (Lipinski definition) is 2. The van der Waals surface area contributed by atoms with E-state index in [1.807, 2.05) is 13.0 Å². The maximum atomic E-state index is 5.58. The van der Waals surface area contributed by atoms with Crippen LogP contribution in [0.4, 0.5) is 0 Å². The summed E-state index contributed by atoms with van der Waals surface area (Å²) < 4.78 is 10.8. The van der Waals surface area contributed by atoms with Gasteiger partial charge in [0.2, 0.25) is 0 Å². The monoisotopic (exact) mass is 305 g/mol. The van der Waals surface area contributed by atoms with Crippen molar-refractivity contribution in [3.8, 4) is 0 Å². The molecular formula is C17H27N3O2. The fraction of sp³-hybridized carbons (Fsp3) is 0.471. The van der Waals surface area contributed by atoms with Crippen LogP contribution in [0, 0.1) is 0 Å². The van der Waals surface area contributed by atoms with E-state index < -0.39 is 0 Å². The first-order valence-electron chi connectivity index (χ1n) is 7.58. The van der Waals surface area contributed by atoms with Crippen LogP contribution in [0.25, 0.3) is 0 Å². The number of ether oxygens (including phenoxy) is 2. The first-order valence-corrected chi connectivity index (χ1v) is 7.58. The molecule has 0 amide bonds. The number of nitrogens with zero attached hydrogens (tertiary/aromatic N) is 1. The summed E-state index contributed by atoms with van der Waals surface area (Å²) in [6.45, 7) is 9.65. The zero-order valence-corrected chi connectivity index (χ0v) is 13.6. The molecule has 5 heteroatoms. The molecule has 1 aromatic carbocycles. The van der Waals surface area contributed by atoms with E-state index in [1.54, 1.807) is 13.1 Å². The van der Waals surface area contributed by atoms with E-state index in [4.69, 9.17) is 9.47 Å². The molecule has 0 atom stereocenters. The third-order valence-electron chi connectivity index (χ3n) is 2.93. The molecule has 0 radical (unpaired) electrons. The average molecular weight is 305 g/mol. The molecule has 122 valence electrons. The fourth-order valence-corrected chi connectivity index (χ4v) is 1.86. The van der Waals surface area contributed by atoms with Crippen molar-refractivity contribution in [3.63, 3.8) is 0 Å². The lowest BCUT2D eigenvalue weighted by Gasteiger charge is -2.11. The third-order valence-corrected chi connectivity index (χ3v) is 2.93. The maximum absolute atomic E-state index is 5.58. The summed E-state index contributed by atoms with van der Waals surface area (Å²) in [6, 6.07) is 8.32. The highest BCUT2D eigenvalue weighted by molar-refractivity contribution is 5.79. The van der Waals surface area contributed by atoms with Gasteiger partial charge in [0, 0.05) is 26.7 Å². The first kappa shape index (κ1) is 18.2. The van der Waals surface area contributed by atoms with Crippen LogP contribution >= 0.6 is 0 Å². The Morgan fingerprint density at radius 1 is 1.23 bits per heavy atom. The summed E-state index contributed by atoms with van der Waals surface area (Å²) in [7, 11) is 1.75. The number of guanidine groups is 1. The van der Waals surface area contributed by atoms with Gasteiger partial charge in [-0.2, -0.15) is 0 Å². The Bertz CT molecular complexity index is 461. The van der Waals surface area contributed by atoms with Gasteiger partial charge in [0.1, 0.15) is 0 Å². The summed E-state index contributed by atoms with van der Waals surface area (Å²) in [4.78, 5) is 4.15. The van der Waals surface area contributed by atoms with Crippen molar-refractivity contribution in [2.75, 3.05) is 33.4 Å². The van der Waals surface area contributed by atoms with Gasteiger partial charge >= 0.3 is 0 Å². The highest BCUT2D eigenvalue weighted by atomic mass is 16.5. The van der Waals surface area contributed by atoms with Crippen LogP contribution in [-0.2, 0) is 22.6 Å². The second kappa shape index (κ2) is 11.8. The van der Waals surface area contributed by atoms with E-state index in [2.05, 4.69) is 40.4 Å². The minimum atomic E-state index is 0.602. The summed E-state index contributed by atoms with van der Waals surface area (Å²) in [5.41, 5.74) is 2.34. The van der Waals surface area contributed by atoms with Crippen LogP contribution in [0.2, 0.25) is 0 Å².